The predicted octanol–water partition coefficient (Wildman–Crippen LogP) is 1.31. The number of carbonyl (C=O) groups is 2. The molecule has 2 aromatic rings. The average molecular weight is 388 g/mol. The van der Waals surface area contributed by atoms with Gasteiger partial charge in [-0.05, 0) is 32.8 Å². The summed E-state index contributed by atoms with van der Waals surface area (Å²) in [5.41, 5.74) is 1.12. The monoisotopic (exact) mass is 387 g/mol. The first-order valence-corrected chi connectivity index (χ1v) is 9.90. The number of quaternary nitrogens is 1. The molecule has 7 nitrogen and oxygen atoms in total. The van der Waals surface area contributed by atoms with Gasteiger partial charge in [0.1, 0.15) is 12.3 Å². The van der Waals surface area contributed by atoms with Crippen molar-refractivity contribution in [2.24, 2.45) is 0 Å². The summed E-state index contributed by atoms with van der Waals surface area (Å²) in [6.45, 7) is 9.38. The molecule has 0 spiro atoms. The molecule has 28 heavy (non-hydrogen) atoms. The maximum Gasteiger partial charge on any atom is 0.245 e. The summed E-state index contributed by atoms with van der Waals surface area (Å²) in [5.74, 6) is 0.711. The molecule has 0 aliphatic rings. The van der Waals surface area contributed by atoms with E-state index < -0.39 is 0 Å². The van der Waals surface area contributed by atoms with Crippen LogP contribution in [-0.4, -0.2) is 54.6 Å². The molecule has 0 fully saturated rings. The number of nitrogens with one attached hydrogen (secondary N) is 2. The number of benzene rings is 1. The van der Waals surface area contributed by atoms with E-state index in [4.69, 9.17) is 4.52 Å². The fourth-order valence-electron chi connectivity index (χ4n) is 3.02. The third-order valence-corrected chi connectivity index (χ3v) is 4.79. The molecule has 2 N–H and O–H groups in total. The van der Waals surface area contributed by atoms with E-state index in [0.29, 0.717) is 31.0 Å². The fraction of sp³-hybridized carbons (Fsp3) is 0.476. The van der Waals surface area contributed by atoms with Crippen LogP contribution >= 0.6 is 0 Å². The van der Waals surface area contributed by atoms with E-state index in [1.54, 1.807) is 17.9 Å². The van der Waals surface area contributed by atoms with E-state index in [1.807, 2.05) is 30.3 Å². The second-order valence-corrected chi connectivity index (χ2v) is 6.88. The highest BCUT2D eigenvalue weighted by Crippen LogP contribution is 2.08. The Hall–Kier alpha value is -2.67. The van der Waals surface area contributed by atoms with Crippen molar-refractivity contribution >= 4 is 17.6 Å². The normalized spacial score (nSPS) is 10.9. The third-order valence-electron chi connectivity index (χ3n) is 4.79. The Balaban J connectivity index is 1.96. The number of hydrogen-bond donors (Lipinski definition) is 2. The summed E-state index contributed by atoms with van der Waals surface area (Å²) >= 11 is 0. The molecule has 1 aromatic heterocycles. The maximum absolute atomic E-state index is 12.8. The third kappa shape index (κ3) is 7.15. The molecule has 1 heterocycles. The molecule has 1 aromatic carbocycles. The summed E-state index contributed by atoms with van der Waals surface area (Å²) in [6.07, 6.45) is 1.05. The zero-order valence-corrected chi connectivity index (χ0v) is 17.0. The largest absolute Gasteiger partial charge is 0.360 e. The molecule has 0 atom stereocenters. The topological polar surface area (TPSA) is 79.9 Å². The fourth-order valence-corrected chi connectivity index (χ4v) is 3.02. The van der Waals surface area contributed by atoms with Gasteiger partial charge in [0.05, 0.1) is 26.2 Å². The van der Waals surface area contributed by atoms with Crippen LogP contribution in [0.3, 0.4) is 0 Å². The molecule has 0 saturated heterocycles. The lowest BCUT2D eigenvalue weighted by molar-refractivity contribution is -0.895. The van der Waals surface area contributed by atoms with Crippen molar-refractivity contribution in [2.45, 2.75) is 33.6 Å². The minimum Gasteiger partial charge on any atom is -0.360 e. The van der Waals surface area contributed by atoms with Crippen LogP contribution in [0.15, 0.2) is 40.9 Å². The van der Waals surface area contributed by atoms with Crippen molar-refractivity contribution in [3.8, 4) is 0 Å². The Morgan fingerprint density at radius 3 is 2.50 bits per heavy atom. The SMILES string of the molecule is CC[NH+](CC)CCN(CC(=O)Nc1cc(C)on1)C(=O)CCc1ccccc1. The Labute approximate surface area is 166 Å². The molecular formula is C21H31N4O3+. The number of likely N-dealkylation sites (N-methyl/N-ethyl adjacent to an activating group) is 1. The first-order chi connectivity index (χ1) is 13.5. The van der Waals surface area contributed by atoms with E-state index in [1.165, 1.54) is 4.90 Å². The number of aryl methyl sites for hydroxylation is 2. The minimum atomic E-state index is -0.268. The number of anilines is 1. The number of rotatable bonds is 11. The second-order valence-electron chi connectivity index (χ2n) is 6.88. The molecule has 2 rings (SSSR count). The van der Waals surface area contributed by atoms with Crippen LogP contribution in [0.25, 0.3) is 0 Å². The Kier molecular flexibility index (Phi) is 8.68. The average Bonchev–Trinajstić information content (AvgIpc) is 3.11. The van der Waals surface area contributed by atoms with Gasteiger partial charge < -0.3 is 19.6 Å². The van der Waals surface area contributed by atoms with Gasteiger partial charge in [-0.2, -0.15) is 0 Å². The van der Waals surface area contributed by atoms with Gasteiger partial charge in [0, 0.05) is 12.5 Å². The van der Waals surface area contributed by atoms with Crippen LogP contribution in [0.4, 0.5) is 5.82 Å². The van der Waals surface area contributed by atoms with E-state index >= 15 is 0 Å². The summed E-state index contributed by atoms with van der Waals surface area (Å²) in [6, 6.07) is 11.6. The molecule has 0 saturated carbocycles. The van der Waals surface area contributed by atoms with Gasteiger partial charge >= 0.3 is 0 Å². The summed E-state index contributed by atoms with van der Waals surface area (Å²) in [5, 5.41) is 6.46. The first kappa shape index (κ1) is 21.6. The Bertz CT molecular complexity index is 741. The Morgan fingerprint density at radius 1 is 1.18 bits per heavy atom. The molecule has 0 radical (unpaired) electrons. The van der Waals surface area contributed by atoms with Gasteiger partial charge in [0.2, 0.25) is 11.8 Å². The smallest absolute Gasteiger partial charge is 0.245 e. The van der Waals surface area contributed by atoms with Gasteiger partial charge in [-0.3, -0.25) is 9.59 Å². The molecule has 7 heteroatoms. The van der Waals surface area contributed by atoms with E-state index in [9.17, 15) is 9.59 Å². The van der Waals surface area contributed by atoms with Crippen molar-refractivity contribution in [1.82, 2.24) is 10.1 Å². The number of amides is 2. The number of carbonyl (C=O) groups excluding carboxylic acids is 2. The lowest BCUT2D eigenvalue weighted by Crippen LogP contribution is -3.12. The van der Waals surface area contributed by atoms with Crippen molar-refractivity contribution in [3.05, 3.63) is 47.7 Å². The molecule has 0 bridgehead atoms. The number of hydrogen-bond acceptors (Lipinski definition) is 4. The van der Waals surface area contributed by atoms with Gasteiger partial charge in [-0.15, -0.1) is 0 Å². The van der Waals surface area contributed by atoms with Crippen LogP contribution in [0.1, 0.15) is 31.6 Å². The zero-order valence-electron chi connectivity index (χ0n) is 17.0. The van der Waals surface area contributed by atoms with Crippen LogP contribution in [0.2, 0.25) is 0 Å². The van der Waals surface area contributed by atoms with E-state index in [2.05, 4.69) is 24.3 Å². The quantitative estimate of drug-likeness (QED) is 0.609. The summed E-state index contributed by atoms with van der Waals surface area (Å²) in [4.78, 5) is 28.2. The molecule has 0 unspecified atom stereocenters. The highest BCUT2D eigenvalue weighted by atomic mass is 16.5. The molecular weight excluding hydrogens is 356 g/mol. The van der Waals surface area contributed by atoms with Crippen LogP contribution < -0.4 is 10.2 Å². The second kappa shape index (κ2) is 11.2. The molecule has 152 valence electrons. The first-order valence-electron chi connectivity index (χ1n) is 9.90. The van der Waals surface area contributed by atoms with Gasteiger partial charge in [0.15, 0.2) is 5.82 Å². The Morgan fingerprint density at radius 2 is 1.89 bits per heavy atom. The number of nitrogens with zero attached hydrogens (tertiary/aromatic N) is 2. The van der Waals surface area contributed by atoms with E-state index in [-0.39, 0.29) is 18.4 Å². The van der Waals surface area contributed by atoms with Crippen molar-refractivity contribution in [1.29, 1.82) is 0 Å². The van der Waals surface area contributed by atoms with Gasteiger partial charge in [0.25, 0.3) is 0 Å². The lowest BCUT2D eigenvalue weighted by atomic mass is 10.1. The summed E-state index contributed by atoms with van der Waals surface area (Å²) in [7, 11) is 0. The van der Waals surface area contributed by atoms with Gasteiger partial charge in [-0.25, -0.2) is 0 Å². The molecule has 0 aliphatic carbocycles. The maximum atomic E-state index is 12.8. The van der Waals surface area contributed by atoms with Crippen LogP contribution in [-0.2, 0) is 16.0 Å². The van der Waals surface area contributed by atoms with Crippen LogP contribution in [0.5, 0.6) is 0 Å². The van der Waals surface area contributed by atoms with Crippen LogP contribution in [0, 0.1) is 6.92 Å². The summed E-state index contributed by atoms with van der Waals surface area (Å²) < 4.78 is 4.96. The highest BCUT2D eigenvalue weighted by Gasteiger charge is 2.19. The minimum absolute atomic E-state index is 0.0121. The number of aromatic nitrogens is 1. The lowest BCUT2D eigenvalue weighted by Gasteiger charge is -2.24. The molecule has 0 aliphatic heterocycles. The van der Waals surface area contributed by atoms with Crippen molar-refractivity contribution in [3.63, 3.8) is 0 Å². The standard InChI is InChI=1S/C21H30N4O3/c1-4-24(5-2)13-14-25(16-20(26)22-19-15-17(3)28-23-19)21(27)12-11-18-9-7-6-8-10-18/h6-10,15H,4-5,11-14,16H2,1-3H3,(H,22,23,26)/p+1. The highest BCUT2D eigenvalue weighted by molar-refractivity contribution is 5.93. The van der Waals surface area contributed by atoms with Crippen molar-refractivity contribution in [2.75, 3.05) is 38.0 Å². The molecule has 2 amide bonds. The van der Waals surface area contributed by atoms with Crippen molar-refractivity contribution < 1.29 is 19.0 Å². The predicted molar refractivity (Wildman–Crippen MR) is 108 cm³/mol. The van der Waals surface area contributed by atoms with E-state index in [0.717, 1.165) is 25.2 Å². The zero-order chi connectivity index (χ0) is 20.4. The van der Waals surface area contributed by atoms with Gasteiger partial charge in [-0.1, -0.05) is 35.5 Å².